The Bertz CT molecular complexity index is 1150. The van der Waals surface area contributed by atoms with Crippen molar-refractivity contribution in [2.45, 2.75) is 0 Å². The number of benzene rings is 3. The van der Waals surface area contributed by atoms with Crippen molar-refractivity contribution in [3.8, 4) is 17.2 Å². The molecule has 0 atom stereocenters. The summed E-state index contributed by atoms with van der Waals surface area (Å²) >= 11 is 11.8. The normalized spacial score (nSPS) is 10.7. The second kappa shape index (κ2) is 9.30. The number of hydrazone groups is 1. The van der Waals surface area contributed by atoms with E-state index in [0.717, 1.165) is 6.07 Å². The van der Waals surface area contributed by atoms with Gasteiger partial charge in [-0.25, -0.2) is 10.2 Å². The Labute approximate surface area is 181 Å². The molecule has 0 aliphatic heterocycles. The Hall–Kier alpha value is -3.55. The van der Waals surface area contributed by atoms with Crippen LogP contribution in [0.1, 0.15) is 26.3 Å². The molecule has 3 N–H and O–H groups in total. The summed E-state index contributed by atoms with van der Waals surface area (Å²) < 4.78 is 5.31. The summed E-state index contributed by atoms with van der Waals surface area (Å²) in [7, 11) is 0. The van der Waals surface area contributed by atoms with E-state index in [1.165, 1.54) is 42.6 Å². The largest absolute Gasteiger partial charge is 0.508 e. The van der Waals surface area contributed by atoms with Gasteiger partial charge in [-0.3, -0.25) is 4.79 Å². The smallest absolute Gasteiger partial charge is 0.345 e. The van der Waals surface area contributed by atoms with E-state index in [9.17, 15) is 19.8 Å². The molecule has 0 aliphatic carbocycles. The van der Waals surface area contributed by atoms with Crippen LogP contribution in [0.5, 0.6) is 17.2 Å². The van der Waals surface area contributed by atoms with Crippen molar-refractivity contribution in [2.24, 2.45) is 5.10 Å². The van der Waals surface area contributed by atoms with Crippen LogP contribution >= 0.6 is 23.2 Å². The number of ether oxygens (including phenoxy) is 1. The van der Waals surface area contributed by atoms with E-state index in [-0.39, 0.29) is 33.4 Å². The van der Waals surface area contributed by atoms with E-state index in [4.69, 9.17) is 27.9 Å². The summed E-state index contributed by atoms with van der Waals surface area (Å²) in [5.41, 5.74) is 2.92. The highest BCUT2D eigenvalue weighted by atomic mass is 35.5. The summed E-state index contributed by atoms with van der Waals surface area (Å²) in [6.45, 7) is 0. The lowest BCUT2D eigenvalue weighted by atomic mass is 10.2. The Balaban J connectivity index is 1.66. The Morgan fingerprint density at radius 1 is 0.967 bits per heavy atom. The van der Waals surface area contributed by atoms with Gasteiger partial charge in [-0.2, -0.15) is 5.10 Å². The van der Waals surface area contributed by atoms with Gasteiger partial charge in [0.15, 0.2) is 0 Å². The number of nitrogens with one attached hydrogen (secondary N) is 1. The van der Waals surface area contributed by atoms with E-state index in [1.54, 1.807) is 18.2 Å². The first-order valence-corrected chi connectivity index (χ1v) is 9.22. The number of phenolic OH excluding ortho intramolecular Hbond substituents is 2. The van der Waals surface area contributed by atoms with Crippen LogP contribution in [0, 0.1) is 0 Å². The first-order chi connectivity index (χ1) is 14.3. The predicted octanol–water partition coefficient (Wildman–Crippen LogP) is 4.39. The topological polar surface area (TPSA) is 108 Å². The quantitative estimate of drug-likeness (QED) is 0.234. The molecule has 30 heavy (non-hydrogen) atoms. The molecule has 0 fully saturated rings. The zero-order valence-corrected chi connectivity index (χ0v) is 16.7. The molecule has 0 heterocycles. The van der Waals surface area contributed by atoms with Crippen LogP contribution in [-0.2, 0) is 0 Å². The zero-order valence-electron chi connectivity index (χ0n) is 15.2. The molecule has 3 aromatic rings. The van der Waals surface area contributed by atoms with Gasteiger partial charge >= 0.3 is 5.97 Å². The first kappa shape index (κ1) is 21.2. The van der Waals surface area contributed by atoms with Gasteiger partial charge in [-0.05, 0) is 48.0 Å². The van der Waals surface area contributed by atoms with Gasteiger partial charge < -0.3 is 14.9 Å². The minimum atomic E-state index is -0.663. The molecular weight excluding hydrogens is 431 g/mol. The molecule has 1 amide bonds. The van der Waals surface area contributed by atoms with Gasteiger partial charge in [-0.1, -0.05) is 35.3 Å². The Morgan fingerprint density at radius 3 is 2.47 bits per heavy atom. The third-order valence-electron chi connectivity index (χ3n) is 3.83. The second-order valence-corrected chi connectivity index (χ2v) is 6.83. The van der Waals surface area contributed by atoms with Gasteiger partial charge in [0.05, 0.1) is 22.4 Å². The third kappa shape index (κ3) is 5.28. The molecule has 0 aromatic heterocycles. The summed E-state index contributed by atoms with van der Waals surface area (Å²) in [4.78, 5) is 24.3. The molecule has 0 saturated carbocycles. The molecule has 152 valence electrons. The number of rotatable bonds is 5. The Morgan fingerprint density at radius 2 is 1.73 bits per heavy atom. The number of carbonyl (C=O) groups is 2. The van der Waals surface area contributed by atoms with Crippen molar-refractivity contribution >= 4 is 41.3 Å². The lowest BCUT2D eigenvalue weighted by Crippen LogP contribution is -2.17. The number of aromatic hydroxyl groups is 2. The van der Waals surface area contributed by atoms with Crippen LogP contribution < -0.4 is 10.2 Å². The van der Waals surface area contributed by atoms with Crippen molar-refractivity contribution in [3.63, 3.8) is 0 Å². The fraction of sp³-hybridized carbons (Fsp3) is 0. The number of hydrogen-bond acceptors (Lipinski definition) is 6. The summed E-state index contributed by atoms with van der Waals surface area (Å²) in [5.74, 6) is -1.61. The van der Waals surface area contributed by atoms with Gasteiger partial charge in [-0.15, -0.1) is 0 Å². The van der Waals surface area contributed by atoms with Crippen LogP contribution in [0.2, 0.25) is 10.0 Å². The summed E-state index contributed by atoms with van der Waals surface area (Å²) in [6, 6.07) is 14.4. The molecule has 0 radical (unpaired) electrons. The lowest BCUT2D eigenvalue weighted by molar-refractivity contribution is 0.0734. The van der Waals surface area contributed by atoms with E-state index in [0.29, 0.717) is 10.6 Å². The number of phenols is 2. The van der Waals surface area contributed by atoms with Crippen molar-refractivity contribution < 1.29 is 24.5 Å². The highest BCUT2D eigenvalue weighted by Gasteiger charge is 2.14. The minimum Gasteiger partial charge on any atom is -0.508 e. The van der Waals surface area contributed by atoms with E-state index in [1.807, 2.05) is 0 Å². The highest BCUT2D eigenvalue weighted by molar-refractivity contribution is 6.36. The van der Waals surface area contributed by atoms with E-state index in [2.05, 4.69) is 10.5 Å². The van der Waals surface area contributed by atoms with Gasteiger partial charge in [0, 0.05) is 11.1 Å². The Kier molecular flexibility index (Phi) is 6.56. The number of hydrogen-bond donors (Lipinski definition) is 3. The summed E-state index contributed by atoms with van der Waals surface area (Å²) in [5, 5.41) is 23.3. The monoisotopic (exact) mass is 444 g/mol. The molecule has 3 aromatic carbocycles. The standard InChI is InChI=1S/C21H14Cl2N2O5/c22-13-4-6-16(18(23)9-13)21(29)30-15-3-1-2-12(8-15)11-24-25-20(28)17-7-5-14(26)10-19(17)27/h1-11,26-27H,(H,25,28)/b24-11-. The van der Waals surface area contributed by atoms with Gasteiger partial charge in [0.1, 0.15) is 17.2 Å². The number of carbonyl (C=O) groups excluding carboxylic acids is 2. The maximum absolute atomic E-state index is 12.3. The number of nitrogens with zero attached hydrogens (tertiary/aromatic N) is 1. The van der Waals surface area contributed by atoms with E-state index >= 15 is 0 Å². The van der Waals surface area contributed by atoms with E-state index < -0.39 is 11.9 Å². The fourth-order valence-electron chi connectivity index (χ4n) is 2.41. The highest BCUT2D eigenvalue weighted by Crippen LogP contribution is 2.24. The average molecular weight is 445 g/mol. The van der Waals surface area contributed by atoms with Crippen LogP contribution in [0.4, 0.5) is 0 Å². The number of halogens is 2. The third-order valence-corrected chi connectivity index (χ3v) is 4.37. The maximum atomic E-state index is 12.3. The fourth-order valence-corrected chi connectivity index (χ4v) is 2.90. The van der Waals surface area contributed by atoms with Gasteiger partial charge in [0.2, 0.25) is 0 Å². The predicted molar refractivity (Wildman–Crippen MR) is 113 cm³/mol. The first-order valence-electron chi connectivity index (χ1n) is 8.46. The summed E-state index contributed by atoms with van der Waals surface area (Å²) in [6.07, 6.45) is 1.34. The second-order valence-electron chi connectivity index (χ2n) is 5.99. The molecular formula is C21H14Cl2N2O5. The van der Waals surface area contributed by atoms with Crippen LogP contribution in [-0.4, -0.2) is 28.3 Å². The van der Waals surface area contributed by atoms with Crippen molar-refractivity contribution in [1.82, 2.24) is 5.43 Å². The average Bonchev–Trinajstić information content (AvgIpc) is 2.68. The van der Waals surface area contributed by atoms with Crippen molar-refractivity contribution in [1.29, 1.82) is 0 Å². The SMILES string of the molecule is O=C(N/N=C\c1cccc(OC(=O)c2ccc(Cl)cc2Cl)c1)c1ccc(O)cc1O. The van der Waals surface area contributed by atoms with Crippen LogP contribution in [0.25, 0.3) is 0 Å². The number of amides is 1. The molecule has 9 heteroatoms. The molecule has 0 saturated heterocycles. The molecule has 0 bridgehead atoms. The molecule has 0 spiro atoms. The van der Waals surface area contributed by atoms with Crippen LogP contribution in [0.3, 0.4) is 0 Å². The van der Waals surface area contributed by atoms with Crippen LogP contribution in [0.15, 0.2) is 65.8 Å². The lowest BCUT2D eigenvalue weighted by Gasteiger charge is -2.07. The van der Waals surface area contributed by atoms with Crippen molar-refractivity contribution in [2.75, 3.05) is 0 Å². The zero-order chi connectivity index (χ0) is 21.7. The minimum absolute atomic E-state index is 0.0486. The molecule has 7 nitrogen and oxygen atoms in total. The molecule has 0 aliphatic rings. The molecule has 0 unspecified atom stereocenters. The number of esters is 1. The van der Waals surface area contributed by atoms with Gasteiger partial charge in [0.25, 0.3) is 5.91 Å². The maximum Gasteiger partial charge on any atom is 0.345 e. The van der Waals surface area contributed by atoms with Crippen molar-refractivity contribution in [3.05, 3.63) is 87.4 Å². The molecule has 3 rings (SSSR count).